The van der Waals surface area contributed by atoms with E-state index in [1.807, 2.05) is 41.3 Å². The molecule has 0 aromatic heterocycles. The molecule has 1 saturated heterocycles. The summed E-state index contributed by atoms with van der Waals surface area (Å²) >= 11 is 0. The summed E-state index contributed by atoms with van der Waals surface area (Å²) in [5.41, 5.74) is 2.83. The van der Waals surface area contributed by atoms with Crippen LogP contribution in [0.5, 0.6) is 0 Å². The highest BCUT2D eigenvalue weighted by molar-refractivity contribution is 14.0. The van der Waals surface area contributed by atoms with E-state index in [-0.39, 0.29) is 47.7 Å². The molecule has 2 N–H and O–H groups in total. The van der Waals surface area contributed by atoms with Crippen LogP contribution in [0.1, 0.15) is 36.3 Å². The van der Waals surface area contributed by atoms with Crippen LogP contribution in [0.3, 0.4) is 0 Å². The number of rotatable bonds is 5. The fourth-order valence-electron chi connectivity index (χ4n) is 3.74. The molecular weight excluding hydrogens is 482 g/mol. The van der Waals surface area contributed by atoms with Crippen molar-refractivity contribution in [2.24, 2.45) is 4.99 Å². The molecule has 0 bridgehead atoms. The first-order valence-corrected chi connectivity index (χ1v) is 9.76. The number of nitrogens with one attached hydrogen (secondary N) is 2. The normalized spacial score (nSPS) is 21.0. The second kappa shape index (κ2) is 9.56. The zero-order valence-electron chi connectivity index (χ0n) is 16.4. The van der Waals surface area contributed by atoms with E-state index in [0.717, 1.165) is 36.2 Å². The van der Waals surface area contributed by atoms with E-state index in [1.165, 1.54) is 6.07 Å². The van der Waals surface area contributed by atoms with Crippen LogP contribution in [0.4, 0.5) is 10.1 Å². The van der Waals surface area contributed by atoms with E-state index in [4.69, 9.17) is 0 Å². The predicted molar refractivity (Wildman–Crippen MR) is 124 cm³/mol. The largest absolute Gasteiger partial charge is 0.353 e. The molecular formula is C22H26FIN4O. The van der Waals surface area contributed by atoms with Crippen molar-refractivity contribution in [3.8, 4) is 0 Å². The highest BCUT2D eigenvalue weighted by atomic mass is 127. The van der Waals surface area contributed by atoms with Gasteiger partial charge in [0.1, 0.15) is 5.82 Å². The van der Waals surface area contributed by atoms with Gasteiger partial charge in [0.05, 0.1) is 0 Å². The average molecular weight is 508 g/mol. The lowest BCUT2D eigenvalue weighted by atomic mass is 10.1. The van der Waals surface area contributed by atoms with Crippen LogP contribution in [-0.2, 0) is 11.3 Å². The SMILES string of the molecule is CN=C(NCc1ccc(N2CCCC2=O)cc1)NC1CC1c1ccccc1F.I. The summed E-state index contributed by atoms with van der Waals surface area (Å²) in [6.45, 7) is 1.43. The Hall–Kier alpha value is -2.16. The Balaban J connectivity index is 0.00000240. The van der Waals surface area contributed by atoms with Crippen molar-refractivity contribution in [3.63, 3.8) is 0 Å². The molecule has 0 spiro atoms. The van der Waals surface area contributed by atoms with Gasteiger partial charge in [-0.3, -0.25) is 9.79 Å². The van der Waals surface area contributed by atoms with Gasteiger partial charge in [0, 0.05) is 44.2 Å². The Kier molecular flexibility index (Phi) is 7.10. The number of guanidine groups is 1. The summed E-state index contributed by atoms with van der Waals surface area (Å²) in [5.74, 6) is 0.959. The van der Waals surface area contributed by atoms with Gasteiger partial charge in [-0.25, -0.2) is 4.39 Å². The van der Waals surface area contributed by atoms with Crippen molar-refractivity contribution in [1.82, 2.24) is 10.6 Å². The van der Waals surface area contributed by atoms with Crippen molar-refractivity contribution in [3.05, 3.63) is 65.5 Å². The second-order valence-corrected chi connectivity index (χ2v) is 7.36. The zero-order chi connectivity index (χ0) is 19.5. The molecule has 2 atom stereocenters. The Morgan fingerprint density at radius 3 is 2.62 bits per heavy atom. The number of carbonyl (C=O) groups excluding carboxylic acids is 1. The standard InChI is InChI=1S/C22H25FN4O.HI/c1-24-22(26-20-13-18(20)17-5-2-3-6-19(17)23)25-14-15-8-10-16(11-9-15)27-12-4-7-21(27)28;/h2-3,5-6,8-11,18,20H,4,7,12-14H2,1H3,(H2,24,25,26);1H. The molecule has 1 heterocycles. The topological polar surface area (TPSA) is 56.7 Å². The number of hydrogen-bond acceptors (Lipinski definition) is 2. The number of benzene rings is 2. The summed E-state index contributed by atoms with van der Waals surface area (Å²) in [6.07, 6.45) is 2.47. The van der Waals surface area contributed by atoms with Crippen molar-refractivity contribution in [2.45, 2.75) is 37.8 Å². The van der Waals surface area contributed by atoms with Crippen LogP contribution in [-0.4, -0.2) is 31.5 Å². The number of aliphatic imine (C=N–C) groups is 1. The van der Waals surface area contributed by atoms with E-state index in [9.17, 15) is 9.18 Å². The minimum Gasteiger partial charge on any atom is -0.353 e. The molecule has 2 aliphatic rings. The van der Waals surface area contributed by atoms with E-state index >= 15 is 0 Å². The monoisotopic (exact) mass is 508 g/mol. The maximum atomic E-state index is 13.9. The molecule has 1 amide bonds. The van der Waals surface area contributed by atoms with E-state index < -0.39 is 0 Å². The van der Waals surface area contributed by atoms with Crippen LogP contribution in [0.25, 0.3) is 0 Å². The first-order valence-electron chi connectivity index (χ1n) is 9.76. The fraction of sp³-hybridized carbons (Fsp3) is 0.364. The van der Waals surface area contributed by atoms with Crippen LogP contribution in [0, 0.1) is 5.82 Å². The Morgan fingerprint density at radius 2 is 1.97 bits per heavy atom. The zero-order valence-corrected chi connectivity index (χ0v) is 18.7. The maximum absolute atomic E-state index is 13.9. The third-order valence-corrected chi connectivity index (χ3v) is 5.42. The molecule has 1 aliphatic heterocycles. The first-order chi connectivity index (χ1) is 13.7. The van der Waals surface area contributed by atoms with Crippen LogP contribution >= 0.6 is 24.0 Å². The lowest BCUT2D eigenvalue weighted by Gasteiger charge is -2.16. The van der Waals surface area contributed by atoms with E-state index in [1.54, 1.807) is 13.1 Å². The molecule has 1 saturated carbocycles. The molecule has 2 aromatic carbocycles. The van der Waals surface area contributed by atoms with Gasteiger partial charge in [-0.1, -0.05) is 30.3 Å². The van der Waals surface area contributed by atoms with Gasteiger partial charge in [0.15, 0.2) is 5.96 Å². The summed E-state index contributed by atoms with van der Waals surface area (Å²) < 4.78 is 13.9. The second-order valence-electron chi connectivity index (χ2n) is 7.36. The van der Waals surface area contributed by atoms with Gasteiger partial charge in [-0.15, -0.1) is 24.0 Å². The third-order valence-electron chi connectivity index (χ3n) is 5.42. The quantitative estimate of drug-likeness (QED) is 0.367. The minimum absolute atomic E-state index is 0. The van der Waals surface area contributed by atoms with Gasteiger partial charge in [0.2, 0.25) is 5.91 Å². The Bertz CT molecular complexity index is 887. The highest BCUT2D eigenvalue weighted by Gasteiger charge is 2.40. The summed E-state index contributed by atoms with van der Waals surface area (Å²) in [6, 6.07) is 15.2. The van der Waals surface area contributed by atoms with Crippen molar-refractivity contribution in [1.29, 1.82) is 0 Å². The van der Waals surface area contributed by atoms with Crippen LogP contribution in [0.2, 0.25) is 0 Å². The predicted octanol–water partition coefficient (Wildman–Crippen LogP) is 3.79. The lowest BCUT2D eigenvalue weighted by Crippen LogP contribution is -2.38. The molecule has 0 radical (unpaired) electrons. The molecule has 1 aliphatic carbocycles. The Morgan fingerprint density at radius 1 is 1.21 bits per heavy atom. The molecule has 29 heavy (non-hydrogen) atoms. The average Bonchev–Trinajstić information content (AvgIpc) is 3.34. The van der Waals surface area contributed by atoms with Gasteiger partial charge >= 0.3 is 0 Å². The number of nitrogens with zero attached hydrogens (tertiary/aromatic N) is 2. The fourth-order valence-corrected chi connectivity index (χ4v) is 3.74. The molecule has 7 heteroatoms. The minimum atomic E-state index is -0.142. The molecule has 154 valence electrons. The summed E-state index contributed by atoms with van der Waals surface area (Å²) in [4.78, 5) is 18.0. The van der Waals surface area contributed by atoms with Crippen LogP contribution in [0.15, 0.2) is 53.5 Å². The molecule has 2 unspecified atom stereocenters. The van der Waals surface area contributed by atoms with E-state index in [0.29, 0.717) is 18.9 Å². The van der Waals surface area contributed by atoms with Crippen molar-refractivity contribution < 1.29 is 9.18 Å². The number of hydrogen-bond donors (Lipinski definition) is 2. The number of amides is 1. The first kappa shape index (κ1) is 21.5. The summed E-state index contributed by atoms with van der Waals surface area (Å²) in [5, 5.41) is 6.67. The lowest BCUT2D eigenvalue weighted by molar-refractivity contribution is -0.117. The maximum Gasteiger partial charge on any atom is 0.227 e. The van der Waals surface area contributed by atoms with Crippen molar-refractivity contribution >= 4 is 41.5 Å². The highest BCUT2D eigenvalue weighted by Crippen LogP contribution is 2.41. The summed E-state index contributed by atoms with van der Waals surface area (Å²) in [7, 11) is 1.73. The molecule has 4 rings (SSSR count). The molecule has 2 fully saturated rings. The number of carbonyl (C=O) groups is 1. The Labute approximate surface area is 187 Å². The van der Waals surface area contributed by atoms with Crippen LogP contribution < -0.4 is 15.5 Å². The van der Waals surface area contributed by atoms with E-state index in [2.05, 4.69) is 15.6 Å². The number of halogens is 2. The van der Waals surface area contributed by atoms with Gasteiger partial charge in [-0.2, -0.15) is 0 Å². The number of anilines is 1. The van der Waals surface area contributed by atoms with Gasteiger partial charge in [0.25, 0.3) is 0 Å². The van der Waals surface area contributed by atoms with Gasteiger partial charge < -0.3 is 15.5 Å². The van der Waals surface area contributed by atoms with Crippen molar-refractivity contribution in [2.75, 3.05) is 18.5 Å². The third kappa shape index (κ3) is 5.07. The smallest absolute Gasteiger partial charge is 0.227 e. The van der Waals surface area contributed by atoms with Gasteiger partial charge in [-0.05, 0) is 42.2 Å². The molecule has 2 aromatic rings. The molecule has 5 nitrogen and oxygen atoms in total.